The van der Waals surface area contributed by atoms with Crippen molar-refractivity contribution < 1.29 is 9.59 Å². The number of hydrogen-bond acceptors (Lipinski definition) is 3. The van der Waals surface area contributed by atoms with Crippen LogP contribution in [-0.4, -0.2) is 23.8 Å². The summed E-state index contributed by atoms with van der Waals surface area (Å²) in [4.78, 5) is 23.9. The van der Waals surface area contributed by atoms with Gasteiger partial charge in [0.15, 0.2) is 5.78 Å². The number of aryl methyl sites for hydroxylation is 1. The van der Waals surface area contributed by atoms with Gasteiger partial charge in [-0.1, -0.05) is 37.6 Å². The van der Waals surface area contributed by atoms with Gasteiger partial charge in [-0.3, -0.25) is 9.59 Å². The zero-order valence-electron chi connectivity index (χ0n) is 13.9. The molecule has 0 saturated carbocycles. The van der Waals surface area contributed by atoms with Crippen LogP contribution in [0.3, 0.4) is 0 Å². The zero-order chi connectivity index (χ0) is 16.6. The van der Waals surface area contributed by atoms with E-state index in [0.717, 1.165) is 19.3 Å². The third-order valence-electron chi connectivity index (χ3n) is 3.66. The number of Topliss-reactive ketones (excluding diaryl/α,β-unsaturated/α-hetero) is 1. The second kappa shape index (κ2) is 8.69. The molecule has 0 aromatic heterocycles. The van der Waals surface area contributed by atoms with E-state index in [-0.39, 0.29) is 24.5 Å². The Kier molecular flexibility index (Phi) is 7.25. The van der Waals surface area contributed by atoms with E-state index >= 15 is 0 Å². The van der Waals surface area contributed by atoms with Crippen LogP contribution in [0.25, 0.3) is 0 Å². The molecule has 0 saturated heterocycles. The van der Waals surface area contributed by atoms with Crippen molar-refractivity contribution in [2.75, 3.05) is 6.54 Å². The summed E-state index contributed by atoms with van der Waals surface area (Å²) in [5, 5.41) is 2.83. The minimum absolute atomic E-state index is 0.00254. The Bertz CT molecular complexity index is 492. The van der Waals surface area contributed by atoms with Crippen LogP contribution < -0.4 is 11.1 Å². The Labute approximate surface area is 133 Å². The highest BCUT2D eigenvalue weighted by Gasteiger charge is 2.18. The first-order valence-corrected chi connectivity index (χ1v) is 8.01. The number of rotatable bonds is 9. The van der Waals surface area contributed by atoms with Crippen LogP contribution in [0, 0.1) is 0 Å². The number of amides is 1. The summed E-state index contributed by atoms with van der Waals surface area (Å²) in [5.41, 5.74) is 7.06. The highest BCUT2D eigenvalue weighted by Crippen LogP contribution is 2.11. The highest BCUT2D eigenvalue weighted by atomic mass is 16.2. The van der Waals surface area contributed by atoms with Crippen molar-refractivity contribution in [3.05, 3.63) is 35.4 Å². The lowest BCUT2D eigenvalue weighted by Crippen LogP contribution is -2.48. The molecule has 1 rings (SSSR count). The minimum atomic E-state index is -0.430. The lowest BCUT2D eigenvalue weighted by molar-refractivity contribution is -0.122. The fourth-order valence-electron chi connectivity index (χ4n) is 2.10. The number of carbonyl (C=O) groups is 2. The molecule has 122 valence electrons. The fraction of sp³-hybridized carbons (Fsp3) is 0.556. The Balaban J connectivity index is 2.46. The van der Waals surface area contributed by atoms with Crippen molar-refractivity contribution in [1.82, 2.24) is 5.32 Å². The SMILES string of the molecule is CCCCc1ccc(C(=O)CCC(=O)NC(C)(C)CN)cc1. The van der Waals surface area contributed by atoms with Crippen LogP contribution in [-0.2, 0) is 11.2 Å². The standard InChI is InChI=1S/C18H28N2O2/c1-4-5-6-14-7-9-15(10-8-14)16(21)11-12-17(22)20-18(2,3)13-19/h7-10H,4-6,11-13,19H2,1-3H3,(H,20,22). The van der Waals surface area contributed by atoms with E-state index in [1.54, 1.807) is 0 Å². The normalized spacial score (nSPS) is 11.3. The van der Waals surface area contributed by atoms with Crippen molar-refractivity contribution >= 4 is 11.7 Å². The Morgan fingerprint density at radius 2 is 1.77 bits per heavy atom. The lowest BCUT2D eigenvalue weighted by atomic mass is 10.0. The second-order valence-corrected chi connectivity index (χ2v) is 6.36. The molecule has 0 fully saturated rings. The first-order chi connectivity index (χ1) is 10.4. The molecule has 22 heavy (non-hydrogen) atoms. The molecular formula is C18H28N2O2. The summed E-state index contributed by atoms with van der Waals surface area (Å²) in [5.74, 6) is -0.133. The van der Waals surface area contributed by atoms with Crippen molar-refractivity contribution in [1.29, 1.82) is 0 Å². The maximum Gasteiger partial charge on any atom is 0.220 e. The van der Waals surface area contributed by atoms with Crippen LogP contribution in [0.1, 0.15) is 62.4 Å². The predicted molar refractivity (Wildman–Crippen MR) is 89.9 cm³/mol. The van der Waals surface area contributed by atoms with E-state index in [1.807, 2.05) is 38.1 Å². The quantitative estimate of drug-likeness (QED) is 0.689. The minimum Gasteiger partial charge on any atom is -0.350 e. The largest absolute Gasteiger partial charge is 0.350 e. The first-order valence-electron chi connectivity index (χ1n) is 8.01. The monoisotopic (exact) mass is 304 g/mol. The Hall–Kier alpha value is -1.68. The molecule has 1 aromatic rings. The predicted octanol–water partition coefficient (Wildman–Crippen LogP) is 2.85. The average Bonchev–Trinajstić information content (AvgIpc) is 2.50. The lowest BCUT2D eigenvalue weighted by Gasteiger charge is -2.24. The van der Waals surface area contributed by atoms with E-state index in [9.17, 15) is 9.59 Å². The molecule has 1 amide bonds. The summed E-state index contributed by atoms with van der Waals surface area (Å²) < 4.78 is 0. The number of hydrogen-bond donors (Lipinski definition) is 2. The van der Waals surface area contributed by atoms with Crippen LogP contribution in [0.15, 0.2) is 24.3 Å². The van der Waals surface area contributed by atoms with Crippen LogP contribution in [0.4, 0.5) is 0 Å². The van der Waals surface area contributed by atoms with Gasteiger partial charge in [-0.25, -0.2) is 0 Å². The van der Waals surface area contributed by atoms with Crippen molar-refractivity contribution in [3.63, 3.8) is 0 Å². The zero-order valence-corrected chi connectivity index (χ0v) is 13.9. The molecular weight excluding hydrogens is 276 g/mol. The number of nitrogens with one attached hydrogen (secondary N) is 1. The van der Waals surface area contributed by atoms with Crippen LogP contribution in [0.5, 0.6) is 0 Å². The number of ketones is 1. The Morgan fingerprint density at radius 1 is 1.14 bits per heavy atom. The van der Waals surface area contributed by atoms with E-state index < -0.39 is 5.54 Å². The van der Waals surface area contributed by atoms with E-state index in [4.69, 9.17) is 5.73 Å². The van der Waals surface area contributed by atoms with E-state index in [2.05, 4.69) is 12.2 Å². The van der Waals surface area contributed by atoms with Gasteiger partial charge in [0.1, 0.15) is 0 Å². The summed E-state index contributed by atoms with van der Waals surface area (Å²) in [6, 6.07) is 7.71. The number of nitrogens with two attached hydrogens (primary N) is 1. The van der Waals surface area contributed by atoms with Crippen molar-refractivity contribution in [2.24, 2.45) is 5.73 Å². The summed E-state index contributed by atoms with van der Waals surface area (Å²) >= 11 is 0. The molecule has 1 aromatic carbocycles. The van der Waals surface area contributed by atoms with E-state index in [1.165, 1.54) is 5.56 Å². The molecule has 0 atom stereocenters. The smallest absolute Gasteiger partial charge is 0.220 e. The van der Waals surface area contributed by atoms with Gasteiger partial charge < -0.3 is 11.1 Å². The van der Waals surface area contributed by atoms with Crippen molar-refractivity contribution in [3.8, 4) is 0 Å². The van der Waals surface area contributed by atoms with E-state index in [0.29, 0.717) is 12.1 Å². The molecule has 0 aliphatic carbocycles. The third-order valence-corrected chi connectivity index (χ3v) is 3.66. The number of benzene rings is 1. The molecule has 0 spiro atoms. The van der Waals surface area contributed by atoms with Gasteiger partial charge in [0.25, 0.3) is 0 Å². The molecule has 3 N–H and O–H groups in total. The summed E-state index contributed by atoms with van der Waals surface area (Å²) in [6.45, 7) is 6.25. The summed E-state index contributed by atoms with van der Waals surface area (Å²) in [7, 11) is 0. The van der Waals surface area contributed by atoms with Gasteiger partial charge in [0.05, 0.1) is 0 Å². The van der Waals surface area contributed by atoms with Gasteiger partial charge >= 0.3 is 0 Å². The maximum absolute atomic E-state index is 12.1. The molecule has 0 radical (unpaired) electrons. The van der Waals surface area contributed by atoms with Crippen LogP contribution in [0.2, 0.25) is 0 Å². The molecule has 0 aliphatic rings. The van der Waals surface area contributed by atoms with Gasteiger partial charge in [-0.2, -0.15) is 0 Å². The fourth-order valence-corrected chi connectivity index (χ4v) is 2.10. The first kappa shape index (κ1) is 18.4. The van der Waals surface area contributed by atoms with Gasteiger partial charge in [-0.05, 0) is 32.3 Å². The van der Waals surface area contributed by atoms with Gasteiger partial charge in [0.2, 0.25) is 5.91 Å². The number of unbranched alkanes of at least 4 members (excludes halogenated alkanes) is 1. The summed E-state index contributed by atoms with van der Waals surface area (Å²) in [6.07, 6.45) is 3.78. The van der Waals surface area contributed by atoms with Crippen LogP contribution >= 0.6 is 0 Å². The number of carbonyl (C=O) groups excluding carboxylic acids is 2. The third kappa shape index (κ3) is 6.39. The van der Waals surface area contributed by atoms with Gasteiger partial charge in [-0.15, -0.1) is 0 Å². The Morgan fingerprint density at radius 3 is 2.32 bits per heavy atom. The highest BCUT2D eigenvalue weighted by molar-refractivity contribution is 5.98. The molecule has 0 heterocycles. The molecule has 0 unspecified atom stereocenters. The molecule has 4 heteroatoms. The van der Waals surface area contributed by atoms with Crippen molar-refractivity contribution in [2.45, 2.75) is 58.4 Å². The molecule has 4 nitrogen and oxygen atoms in total. The molecule has 0 bridgehead atoms. The topological polar surface area (TPSA) is 72.2 Å². The maximum atomic E-state index is 12.1. The van der Waals surface area contributed by atoms with Gasteiger partial charge in [0, 0.05) is 30.5 Å². The average molecular weight is 304 g/mol. The molecule has 0 aliphatic heterocycles. The second-order valence-electron chi connectivity index (χ2n) is 6.36.